The van der Waals surface area contributed by atoms with Gasteiger partial charge in [0.15, 0.2) is 0 Å². The average Bonchev–Trinajstić information content (AvgIpc) is 2.73. The minimum Gasteiger partial charge on any atom is -0.495 e. The molecule has 2 rings (SSSR count). The monoisotopic (exact) mass is 351 g/mol. The van der Waals surface area contributed by atoms with E-state index in [1.54, 1.807) is 24.1 Å². The van der Waals surface area contributed by atoms with Crippen LogP contribution in [0.1, 0.15) is 6.42 Å². The molecule has 1 amide bonds. The Labute approximate surface area is 124 Å². The number of nitrogens with zero attached hydrogens (tertiary/aromatic N) is 1. The molecule has 1 atom stereocenters. The molecule has 18 heavy (non-hydrogen) atoms. The lowest BCUT2D eigenvalue weighted by Crippen LogP contribution is -2.25. The van der Waals surface area contributed by atoms with Crippen LogP contribution in [0.3, 0.4) is 0 Å². The van der Waals surface area contributed by atoms with Crippen molar-refractivity contribution >= 4 is 50.7 Å². The molecule has 1 unspecified atom stereocenters. The second-order valence-electron chi connectivity index (χ2n) is 4.17. The summed E-state index contributed by atoms with van der Waals surface area (Å²) >= 11 is 15.2. The molecular formula is C12H12BrCl2NO2. The molecule has 3 nitrogen and oxygen atoms in total. The molecule has 1 aromatic carbocycles. The van der Waals surface area contributed by atoms with Crippen molar-refractivity contribution in [3.8, 4) is 5.75 Å². The van der Waals surface area contributed by atoms with Crippen LogP contribution < -0.4 is 9.64 Å². The van der Waals surface area contributed by atoms with Crippen LogP contribution in [0, 0.1) is 5.92 Å². The summed E-state index contributed by atoms with van der Waals surface area (Å²) in [6, 6.07) is 3.50. The summed E-state index contributed by atoms with van der Waals surface area (Å²) in [7, 11) is 1.57. The number of ether oxygens (including phenoxy) is 1. The fourth-order valence-corrected chi connectivity index (χ4v) is 2.70. The minimum absolute atomic E-state index is 0.0531. The number of rotatable bonds is 3. The number of hydrogen-bond acceptors (Lipinski definition) is 2. The Balaban J connectivity index is 2.38. The zero-order valence-electron chi connectivity index (χ0n) is 9.75. The van der Waals surface area contributed by atoms with Crippen LogP contribution in [0.15, 0.2) is 16.6 Å². The SMILES string of the molecule is COc1cc(Br)c(Cl)cc1N1CC(CCl)CC1=O. The van der Waals surface area contributed by atoms with Gasteiger partial charge in [-0.05, 0) is 34.0 Å². The second kappa shape index (κ2) is 5.68. The summed E-state index contributed by atoms with van der Waals surface area (Å²) in [6.45, 7) is 0.608. The van der Waals surface area contributed by atoms with Crippen LogP contribution in [-0.4, -0.2) is 25.4 Å². The van der Waals surface area contributed by atoms with Gasteiger partial charge >= 0.3 is 0 Å². The van der Waals surface area contributed by atoms with Crippen molar-refractivity contribution in [3.63, 3.8) is 0 Å². The fourth-order valence-electron chi connectivity index (χ4n) is 2.01. The zero-order chi connectivity index (χ0) is 13.3. The molecule has 1 fully saturated rings. The molecule has 0 aromatic heterocycles. The first kappa shape index (κ1) is 14.0. The molecule has 0 spiro atoms. The summed E-state index contributed by atoms with van der Waals surface area (Å²) in [5.41, 5.74) is 0.698. The molecular weight excluding hydrogens is 341 g/mol. The van der Waals surface area contributed by atoms with Gasteiger partial charge in [-0.25, -0.2) is 0 Å². The van der Waals surface area contributed by atoms with Crippen molar-refractivity contribution in [3.05, 3.63) is 21.6 Å². The molecule has 1 aliphatic heterocycles. The number of carbonyl (C=O) groups excluding carboxylic acids is 1. The molecule has 0 radical (unpaired) electrons. The lowest BCUT2D eigenvalue weighted by molar-refractivity contribution is -0.117. The van der Waals surface area contributed by atoms with Gasteiger partial charge in [-0.3, -0.25) is 4.79 Å². The molecule has 1 aromatic rings. The Bertz CT molecular complexity index is 481. The second-order valence-corrected chi connectivity index (χ2v) is 5.74. The van der Waals surface area contributed by atoms with Crippen molar-refractivity contribution in [2.75, 3.05) is 24.4 Å². The average molecular weight is 353 g/mol. The Morgan fingerprint density at radius 2 is 2.28 bits per heavy atom. The fraction of sp³-hybridized carbons (Fsp3) is 0.417. The maximum atomic E-state index is 12.0. The van der Waals surface area contributed by atoms with Gasteiger partial charge < -0.3 is 9.64 Å². The predicted molar refractivity (Wildman–Crippen MR) is 76.9 cm³/mol. The molecule has 0 aliphatic carbocycles. The summed E-state index contributed by atoms with van der Waals surface area (Å²) in [4.78, 5) is 13.7. The van der Waals surface area contributed by atoms with Crippen molar-refractivity contribution in [1.82, 2.24) is 0 Å². The zero-order valence-corrected chi connectivity index (χ0v) is 12.8. The molecule has 1 aliphatic rings. The number of amides is 1. The molecule has 98 valence electrons. The maximum absolute atomic E-state index is 12.0. The highest BCUT2D eigenvalue weighted by Gasteiger charge is 2.32. The Morgan fingerprint density at radius 1 is 1.56 bits per heavy atom. The highest BCUT2D eigenvalue weighted by atomic mass is 79.9. The van der Waals surface area contributed by atoms with E-state index in [1.807, 2.05) is 0 Å². The first-order valence-electron chi connectivity index (χ1n) is 5.46. The van der Waals surface area contributed by atoms with E-state index in [9.17, 15) is 4.79 Å². The number of halogens is 3. The largest absolute Gasteiger partial charge is 0.495 e. The highest BCUT2D eigenvalue weighted by Crippen LogP contribution is 2.39. The van der Waals surface area contributed by atoms with E-state index in [0.29, 0.717) is 35.3 Å². The molecule has 1 saturated heterocycles. The number of alkyl halides is 1. The summed E-state index contributed by atoms with van der Waals surface area (Å²) in [6.07, 6.45) is 0.473. The van der Waals surface area contributed by atoms with E-state index < -0.39 is 0 Å². The lowest BCUT2D eigenvalue weighted by Gasteiger charge is -2.20. The maximum Gasteiger partial charge on any atom is 0.227 e. The number of methoxy groups -OCH3 is 1. The van der Waals surface area contributed by atoms with Gasteiger partial charge in [-0.2, -0.15) is 0 Å². The topological polar surface area (TPSA) is 29.5 Å². The first-order chi connectivity index (χ1) is 8.56. The van der Waals surface area contributed by atoms with Gasteiger partial charge in [0.25, 0.3) is 0 Å². The van der Waals surface area contributed by atoms with Gasteiger partial charge in [0, 0.05) is 23.3 Å². The third kappa shape index (κ3) is 2.60. The van der Waals surface area contributed by atoms with Gasteiger partial charge in [0.05, 0.1) is 17.8 Å². The first-order valence-corrected chi connectivity index (χ1v) is 7.16. The Morgan fingerprint density at radius 3 is 2.83 bits per heavy atom. The standard InChI is InChI=1S/C12H12BrCl2NO2/c1-18-11-3-8(13)9(15)4-10(11)16-6-7(5-14)2-12(16)17/h3-4,7H,2,5-6H2,1H3. The number of hydrogen-bond donors (Lipinski definition) is 0. The molecule has 1 heterocycles. The van der Waals surface area contributed by atoms with E-state index in [0.717, 1.165) is 4.47 Å². The van der Waals surface area contributed by atoms with E-state index >= 15 is 0 Å². The van der Waals surface area contributed by atoms with Gasteiger partial charge in [0.1, 0.15) is 5.75 Å². The summed E-state index contributed by atoms with van der Waals surface area (Å²) < 4.78 is 6.04. The van der Waals surface area contributed by atoms with E-state index in [4.69, 9.17) is 27.9 Å². The molecule has 0 saturated carbocycles. The van der Waals surface area contributed by atoms with Gasteiger partial charge in [-0.15, -0.1) is 11.6 Å². The lowest BCUT2D eigenvalue weighted by atomic mass is 10.1. The van der Waals surface area contributed by atoms with Crippen molar-refractivity contribution in [2.45, 2.75) is 6.42 Å². The quantitative estimate of drug-likeness (QED) is 0.776. The van der Waals surface area contributed by atoms with Crippen LogP contribution in [0.5, 0.6) is 5.75 Å². The normalized spacial score (nSPS) is 19.4. The van der Waals surface area contributed by atoms with Crippen LogP contribution >= 0.6 is 39.1 Å². The smallest absolute Gasteiger partial charge is 0.227 e. The minimum atomic E-state index is 0.0531. The molecule has 0 N–H and O–H groups in total. The van der Waals surface area contributed by atoms with Crippen LogP contribution in [0.2, 0.25) is 5.02 Å². The Hall–Kier alpha value is -0.450. The van der Waals surface area contributed by atoms with E-state index in [-0.39, 0.29) is 11.8 Å². The van der Waals surface area contributed by atoms with Crippen molar-refractivity contribution in [1.29, 1.82) is 0 Å². The number of carbonyl (C=O) groups is 1. The molecule has 6 heteroatoms. The van der Waals surface area contributed by atoms with Crippen LogP contribution in [0.25, 0.3) is 0 Å². The van der Waals surface area contributed by atoms with Gasteiger partial charge in [-0.1, -0.05) is 11.6 Å². The number of anilines is 1. The summed E-state index contributed by atoms with van der Waals surface area (Å²) in [5, 5.41) is 0.549. The van der Waals surface area contributed by atoms with Crippen molar-refractivity contribution in [2.24, 2.45) is 5.92 Å². The third-order valence-corrected chi connectivity index (χ3v) is 4.57. The van der Waals surface area contributed by atoms with Crippen LogP contribution in [0.4, 0.5) is 5.69 Å². The third-order valence-electron chi connectivity index (χ3n) is 2.94. The summed E-state index contributed by atoms with van der Waals surface area (Å²) in [5.74, 6) is 1.34. The highest BCUT2D eigenvalue weighted by molar-refractivity contribution is 9.10. The van der Waals surface area contributed by atoms with Gasteiger partial charge in [0.2, 0.25) is 5.91 Å². The van der Waals surface area contributed by atoms with Crippen LogP contribution in [-0.2, 0) is 4.79 Å². The predicted octanol–water partition coefficient (Wildman–Crippen LogP) is 3.70. The molecule has 0 bridgehead atoms. The van der Waals surface area contributed by atoms with Crippen molar-refractivity contribution < 1.29 is 9.53 Å². The Kier molecular flexibility index (Phi) is 4.41. The van der Waals surface area contributed by atoms with E-state index in [1.165, 1.54) is 0 Å². The number of benzene rings is 1. The van der Waals surface area contributed by atoms with E-state index in [2.05, 4.69) is 15.9 Å².